The van der Waals surface area contributed by atoms with E-state index >= 15 is 0 Å². The van der Waals surface area contributed by atoms with Gasteiger partial charge in [0.2, 0.25) is 0 Å². The first-order chi connectivity index (χ1) is 8.24. The van der Waals surface area contributed by atoms with Crippen LogP contribution in [0.15, 0.2) is 12.1 Å². The lowest BCUT2D eigenvalue weighted by Crippen LogP contribution is -2.12. The van der Waals surface area contributed by atoms with E-state index in [0.29, 0.717) is 19.1 Å². The topological polar surface area (TPSA) is 38.7 Å². The molecule has 1 aromatic carbocycles. The fourth-order valence-corrected chi connectivity index (χ4v) is 2.52. The number of aliphatic hydroxyl groups excluding tert-OH is 1. The van der Waals surface area contributed by atoms with Crippen molar-refractivity contribution in [2.24, 2.45) is 5.92 Å². The van der Waals surface area contributed by atoms with Gasteiger partial charge in [-0.2, -0.15) is 0 Å². The van der Waals surface area contributed by atoms with Crippen molar-refractivity contribution >= 4 is 0 Å². The van der Waals surface area contributed by atoms with Crippen LogP contribution in [0.4, 0.5) is 0 Å². The third kappa shape index (κ3) is 2.00. The van der Waals surface area contributed by atoms with Crippen LogP contribution in [0, 0.1) is 5.92 Å². The monoisotopic (exact) mass is 234 g/mol. The molecule has 3 heteroatoms. The van der Waals surface area contributed by atoms with Crippen molar-refractivity contribution in [2.45, 2.75) is 32.3 Å². The van der Waals surface area contributed by atoms with Crippen LogP contribution in [-0.2, 0) is 6.42 Å². The average Bonchev–Trinajstić information content (AvgIpc) is 2.51. The standard InChI is InChI=1S/C14H18O3/c1-9-7-16-13-5-10-3-2-4-12(15)11(10)6-14(13)17-8-9/h5-6,9,12,15H,2-4,7-8H2,1H3/t9?,12-/m0/s1. The molecule has 0 saturated heterocycles. The van der Waals surface area contributed by atoms with E-state index in [-0.39, 0.29) is 6.10 Å². The summed E-state index contributed by atoms with van der Waals surface area (Å²) in [6.45, 7) is 3.50. The van der Waals surface area contributed by atoms with Crippen molar-refractivity contribution in [3.8, 4) is 11.5 Å². The third-order valence-electron chi connectivity index (χ3n) is 3.53. The van der Waals surface area contributed by atoms with Crippen LogP contribution in [0.1, 0.15) is 37.0 Å². The molecule has 1 aliphatic carbocycles. The molecule has 1 unspecified atom stereocenters. The van der Waals surface area contributed by atoms with Crippen LogP contribution in [0.5, 0.6) is 11.5 Å². The van der Waals surface area contributed by atoms with E-state index in [2.05, 4.69) is 6.92 Å². The van der Waals surface area contributed by atoms with Crippen LogP contribution in [0.2, 0.25) is 0 Å². The van der Waals surface area contributed by atoms with E-state index in [1.807, 2.05) is 12.1 Å². The Morgan fingerprint density at radius 1 is 1.18 bits per heavy atom. The summed E-state index contributed by atoms with van der Waals surface area (Å²) in [5.41, 5.74) is 2.23. The molecule has 0 spiro atoms. The summed E-state index contributed by atoms with van der Waals surface area (Å²) in [6, 6.07) is 4.01. The molecule has 1 N–H and O–H groups in total. The maximum atomic E-state index is 9.99. The molecule has 0 bridgehead atoms. The number of aliphatic hydroxyl groups is 1. The molecule has 1 aromatic rings. The number of ether oxygens (including phenoxy) is 2. The molecule has 0 amide bonds. The maximum absolute atomic E-state index is 9.99. The maximum Gasteiger partial charge on any atom is 0.161 e. The Morgan fingerprint density at radius 2 is 1.88 bits per heavy atom. The van der Waals surface area contributed by atoms with E-state index < -0.39 is 0 Å². The van der Waals surface area contributed by atoms with Gasteiger partial charge in [-0.15, -0.1) is 0 Å². The molecule has 1 aliphatic heterocycles. The fourth-order valence-electron chi connectivity index (χ4n) is 2.52. The van der Waals surface area contributed by atoms with Gasteiger partial charge < -0.3 is 14.6 Å². The Morgan fingerprint density at radius 3 is 2.65 bits per heavy atom. The van der Waals surface area contributed by atoms with Crippen molar-refractivity contribution in [1.82, 2.24) is 0 Å². The van der Waals surface area contributed by atoms with Crippen LogP contribution in [0.3, 0.4) is 0 Å². The third-order valence-corrected chi connectivity index (χ3v) is 3.53. The Hall–Kier alpha value is -1.22. The lowest BCUT2D eigenvalue weighted by Gasteiger charge is -2.22. The summed E-state index contributed by atoms with van der Waals surface area (Å²) < 4.78 is 11.5. The zero-order valence-electron chi connectivity index (χ0n) is 10.1. The molecule has 0 saturated carbocycles. The van der Waals surface area contributed by atoms with Crippen LogP contribution < -0.4 is 9.47 Å². The van der Waals surface area contributed by atoms with Gasteiger partial charge in [-0.1, -0.05) is 6.92 Å². The highest BCUT2D eigenvalue weighted by molar-refractivity contribution is 5.49. The Kier molecular flexibility index (Phi) is 2.71. The Bertz CT molecular complexity index is 428. The first kappa shape index (κ1) is 10.9. The smallest absolute Gasteiger partial charge is 0.161 e. The average molecular weight is 234 g/mol. The van der Waals surface area contributed by atoms with Gasteiger partial charge in [-0.05, 0) is 42.5 Å². The summed E-state index contributed by atoms with van der Waals surface area (Å²) >= 11 is 0. The summed E-state index contributed by atoms with van der Waals surface area (Å²) in [5, 5.41) is 9.99. The van der Waals surface area contributed by atoms with E-state index in [1.165, 1.54) is 5.56 Å². The van der Waals surface area contributed by atoms with Gasteiger partial charge in [0, 0.05) is 5.92 Å². The van der Waals surface area contributed by atoms with Crippen molar-refractivity contribution in [3.63, 3.8) is 0 Å². The molecule has 1 heterocycles. The molecule has 3 nitrogen and oxygen atoms in total. The second-order valence-electron chi connectivity index (χ2n) is 5.13. The Balaban J connectivity index is 2.00. The summed E-state index contributed by atoms with van der Waals surface area (Å²) in [5.74, 6) is 2.03. The van der Waals surface area contributed by atoms with Gasteiger partial charge in [0.05, 0.1) is 19.3 Å². The van der Waals surface area contributed by atoms with Crippen molar-refractivity contribution in [3.05, 3.63) is 23.3 Å². The second-order valence-corrected chi connectivity index (χ2v) is 5.13. The molecule has 2 aliphatic rings. The van der Waals surface area contributed by atoms with Gasteiger partial charge in [-0.25, -0.2) is 0 Å². The largest absolute Gasteiger partial charge is 0.489 e. The summed E-state index contributed by atoms with van der Waals surface area (Å²) in [4.78, 5) is 0. The molecular weight excluding hydrogens is 216 g/mol. The number of aryl methyl sites for hydroxylation is 1. The fraction of sp³-hybridized carbons (Fsp3) is 0.571. The number of hydrogen-bond acceptors (Lipinski definition) is 3. The molecule has 0 fully saturated rings. The normalized spacial score (nSPS) is 27.2. The number of rotatable bonds is 0. The van der Waals surface area contributed by atoms with Crippen LogP contribution >= 0.6 is 0 Å². The first-order valence-electron chi connectivity index (χ1n) is 6.34. The first-order valence-corrected chi connectivity index (χ1v) is 6.34. The summed E-state index contributed by atoms with van der Waals surface area (Å²) in [6.07, 6.45) is 2.58. The molecule has 17 heavy (non-hydrogen) atoms. The van der Waals surface area contributed by atoms with E-state index in [0.717, 1.165) is 36.3 Å². The number of hydrogen-bond donors (Lipinski definition) is 1. The molecule has 3 rings (SSSR count). The molecule has 0 aromatic heterocycles. The number of fused-ring (bicyclic) bond motifs is 2. The molecular formula is C14H18O3. The molecule has 0 radical (unpaired) electrons. The molecule has 2 atom stereocenters. The summed E-state index contributed by atoms with van der Waals surface area (Å²) in [7, 11) is 0. The second kappa shape index (κ2) is 4.22. The van der Waals surface area contributed by atoms with Gasteiger partial charge in [0.1, 0.15) is 0 Å². The SMILES string of the molecule is CC1COc2cc3c(cc2OC1)[C@@H](O)CCC3. The minimum Gasteiger partial charge on any atom is -0.489 e. The minimum atomic E-state index is -0.340. The predicted molar refractivity (Wildman–Crippen MR) is 64.5 cm³/mol. The van der Waals surface area contributed by atoms with Gasteiger partial charge in [-0.3, -0.25) is 0 Å². The Labute approximate surface area is 101 Å². The van der Waals surface area contributed by atoms with E-state index in [4.69, 9.17) is 9.47 Å². The van der Waals surface area contributed by atoms with Crippen molar-refractivity contribution in [1.29, 1.82) is 0 Å². The highest BCUT2D eigenvalue weighted by Crippen LogP contribution is 2.39. The van der Waals surface area contributed by atoms with E-state index in [1.54, 1.807) is 0 Å². The highest BCUT2D eigenvalue weighted by atomic mass is 16.5. The number of benzene rings is 1. The lowest BCUT2D eigenvalue weighted by atomic mass is 9.89. The zero-order valence-corrected chi connectivity index (χ0v) is 10.1. The highest BCUT2D eigenvalue weighted by Gasteiger charge is 2.23. The van der Waals surface area contributed by atoms with Crippen molar-refractivity contribution < 1.29 is 14.6 Å². The van der Waals surface area contributed by atoms with Gasteiger partial charge in [0.25, 0.3) is 0 Å². The van der Waals surface area contributed by atoms with Crippen LogP contribution in [-0.4, -0.2) is 18.3 Å². The van der Waals surface area contributed by atoms with Gasteiger partial charge in [0.15, 0.2) is 11.5 Å². The van der Waals surface area contributed by atoms with Crippen molar-refractivity contribution in [2.75, 3.05) is 13.2 Å². The minimum absolute atomic E-state index is 0.340. The van der Waals surface area contributed by atoms with Crippen LogP contribution in [0.25, 0.3) is 0 Å². The predicted octanol–water partition coefficient (Wildman–Crippen LogP) is 2.46. The zero-order chi connectivity index (χ0) is 11.8. The molecule has 92 valence electrons. The lowest BCUT2D eigenvalue weighted by molar-refractivity contribution is 0.156. The quantitative estimate of drug-likeness (QED) is 0.749. The van der Waals surface area contributed by atoms with Gasteiger partial charge >= 0.3 is 0 Å². The van der Waals surface area contributed by atoms with E-state index in [9.17, 15) is 5.11 Å².